The van der Waals surface area contributed by atoms with Gasteiger partial charge in [-0.3, -0.25) is 0 Å². The van der Waals surface area contributed by atoms with Crippen LogP contribution in [0.5, 0.6) is 0 Å². The topological polar surface area (TPSA) is 55.4 Å². The lowest BCUT2D eigenvalue weighted by Gasteiger charge is -2.09. The van der Waals surface area contributed by atoms with E-state index in [2.05, 4.69) is 15.6 Å². The largest absolute Gasteiger partial charge is 0.382 e. The van der Waals surface area contributed by atoms with Crippen LogP contribution in [-0.2, 0) is 9.47 Å². The van der Waals surface area contributed by atoms with E-state index in [4.69, 9.17) is 9.47 Å². The normalized spacial score (nSPS) is 10.6. The van der Waals surface area contributed by atoms with Crippen LogP contribution in [0.4, 0.5) is 20.4 Å². The lowest BCUT2D eigenvalue weighted by molar-refractivity contribution is 0.0691. The smallest absolute Gasteiger partial charge is 0.168 e. The fourth-order valence-corrected chi connectivity index (χ4v) is 1.55. The third-order valence-electron chi connectivity index (χ3n) is 2.61. The van der Waals surface area contributed by atoms with E-state index in [1.54, 1.807) is 7.11 Å². The van der Waals surface area contributed by atoms with Crippen molar-refractivity contribution in [2.75, 3.05) is 51.2 Å². The standard InChI is InChI=1S/C13H21F2N3O2/c1-16-12-10(14)9-11(15)13(18-12)17-5-3-4-6-20-8-7-19-2/h9H,3-8H2,1-2H3,(H2,16,17,18). The Morgan fingerprint density at radius 1 is 1.10 bits per heavy atom. The molecule has 20 heavy (non-hydrogen) atoms. The zero-order valence-electron chi connectivity index (χ0n) is 11.8. The average molecular weight is 289 g/mol. The molecule has 114 valence electrons. The number of rotatable bonds is 10. The van der Waals surface area contributed by atoms with Gasteiger partial charge in [0.15, 0.2) is 23.3 Å². The maximum absolute atomic E-state index is 13.5. The van der Waals surface area contributed by atoms with Gasteiger partial charge in [0.05, 0.1) is 13.2 Å². The molecule has 0 aliphatic rings. The molecule has 0 aliphatic carbocycles. The molecule has 0 saturated heterocycles. The second-order valence-corrected chi connectivity index (χ2v) is 4.14. The summed E-state index contributed by atoms with van der Waals surface area (Å²) >= 11 is 0. The molecule has 0 spiro atoms. The number of hydrogen-bond acceptors (Lipinski definition) is 5. The minimum Gasteiger partial charge on any atom is -0.382 e. The second kappa shape index (κ2) is 9.44. The molecule has 0 saturated carbocycles. The van der Waals surface area contributed by atoms with Crippen LogP contribution < -0.4 is 10.6 Å². The molecule has 0 atom stereocenters. The molecule has 0 radical (unpaired) electrons. The summed E-state index contributed by atoms with van der Waals surface area (Å²) in [5.41, 5.74) is 0. The number of methoxy groups -OCH3 is 1. The van der Waals surface area contributed by atoms with E-state index in [1.807, 2.05) is 0 Å². The highest BCUT2D eigenvalue weighted by molar-refractivity contribution is 5.47. The molecule has 0 unspecified atom stereocenters. The summed E-state index contributed by atoms with van der Waals surface area (Å²) < 4.78 is 36.8. The van der Waals surface area contributed by atoms with Crippen molar-refractivity contribution >= 4 is 11.6 Å². The maximum Gasteiger partial charge on any atom is 0.168 e. The number of ether oxygens (including phenoxy) is 2. The average Bonchev–Trinajstić information content (AvgIpc) is 2.43. The maximum atomic E-state index is 13.5. The third kappa shape index (κ3) is 5.66. The zero-order valence-corrected chi connectivity index (χ0v) is 11.8. The molecule has 5 nitrogen and oxygen atoms in total. The minimum atomic E-state index is -0.706. The van der Waals surface area contributed by atoms with Gasteiger partial charge in [0.1, 0.15) is 0 Å². The lowest BCUT2D eigenvalue weighted by Crippen LogP contribution is -2.09. The fourth-order valence-electron chi connectivity index (χ4n) is 1.55. The number of hydrogen-bond donors (Lipinski definition) is 2. The molecule has 2 N–H and O–H groups in total. The summed E-state index contributed by atoms with van der Waals surface area (Å²) in [7, 11) is 3.15. The molecular formula is C13H21F2N3O2. The zero-order chi connectivity index (χ0) is 14.8. The van der Waals surface area contributed by atoms with E-state index in [1.165, 1.54) is 7.05 Å². The van der Waals surface area contributed by atoms with Crippen LogP contribution in [-0.4, -0.2) is 45.5 Å². The Balaban J connectivity index is 2.25. The van der Waals surface area contributed by atoms with E-state index in [-0.39, 0.29) is 11.6 Å². The molecule has 0 bridgehead atoms. The Hall–Kier alpha value is -1.47. The van der Waals surface area contributed by atoms with Crippen molar-refractivity contribution in [3.05, 3.63) is 17.7 Å². The summed E-state index contributed by atoms with van der Waals surface area (Å²) in [5, 5.41) is 5.41. The number of aromatic nitrogens is 1. The number of nitrogens with zero attached hydrogens (tertiary/aromatic N) is 1. The van der Waals surface area contributed by atoms with Crippen LogP contribution in [0.25, 0.3) is 0 Å². The van der Waals surface area contributed by atoms with Gasteiger partial charge in [0.2, 0.25) is 0 Å². The highest BCUT2D eigenvalue weighted by atomic mass is 19.1. The molecule has 0 aliphatic heterocycles. The van der Waals surface area contributed by atoms with Gasteiger partial charge in [-0.25, -0.2) is 13.8 Å². The SMILES string of the molecule is CNc1nc(NCCCCOCCOC)c(F)cc1F. The number of unbranched alkanes of at least 4 members (excludes halogenated alkanes) is 1. The fraction of sp³-hybridized carbons (Fsp3) is 0.615. The first-order valence-corrected chi connectivity index (χ1v) is 6.53. The summed E-state index contributed by atoms with van der Waals surface area (Å²) in [6.45, 7) is 2.33. The van der Waals surface area contributed by atoms with Crippen molar-refractivity contribution in [3.8, 4) is 0 Å². The Kier molecular flexibility index (Phi) is 7.82. The first-order valence-electron chi connectivity index (χ1n) is 6.53. The van der Waals surface area contributed by atoms with Gasteiger partial charge in [-0.15, -0.1) is 0 Å². The van der Waals surface area contributed by atoms with E-state index >= 15 is 0 Å². The van der Waals surface area contributed by atoms with Crippen molar-refractivity contribution in [2.45, 2.75) is 12.8 Å². The van der Waals surface area contributed by atoms with Gasteiger partial charge >= 0.3 is 0 Å². The van der Waals surface area contributed by atoms with Crippen LogP contribution in [0.3, 0.4) is 0 Å². The summed E-state index contributed by atoms with van der Waals surface area (Å²) in [4.78, 5) is 3.83. The Bertz CT molecular complexity index is 405. The van der Waals surface area contributed by atoms with Gasteiger partial charge in [-0.2, -0.15) is 0 Å². The number of pyridine rings is 1. The molecule has 1 aromatic rings. The molecule has 1 heterocycles. The quantitative estimate of drug-likeness (QED) is 0.647. The van der Waals surface area contributed by atoms with Crippen molar-refractivity contribution in [2.24, 2.45) is 0 Å². The molecule has 0 fully saturated rings. The predicted molar refractivity (Wildman–Crippen MR) is 74.1 cm³/mol. The molecular weight excluding hydrogens is 268 g/mol. The lowest BCUT2D eigenvalue weighted by atomic mass is 10.3. The van der Waals surface area contributed by atoms with Gasteiger partial charge in [0.25, 0.3) is 0 Å². The van der Waals surface area contributed by atoms with E-state index in [9.17, 15) is 8.78 Å². The molecule has 1 rings (SSSR count). The van der Waals surface area contributed by atoms with Gasteiger partial charge in [-0.1, -0.05) is 0 Å². The van der Waals surface area contributed by atoms with Gasteiger partial charge in [-0.05, 0) is 12.8 Å². The number of anilines is 2. The Labute approximate surface area is 117 Å². The van der Waals surface area contributed by atoms with Crippen LogP contribution in [0, 0.1) is 11.6 Å². The molecule has 0 amide bonds. The van der Waals surface area contributed by atoms with Crippen molar-refractivity contribution in [3.63, 3.8) is 0 Å². The molecule has 7 heteroatoms. The van der Waals surface area contributed by atoms with E-state index < -0.39 is 11.6 Å². The second-order valence-electron chi connectivity index (χ2n) is 4.14. The van der Waals surface area contributed by atoms with E-state index in [0.29, 0.717) is 26.4 Å². The van der Waals surface area contributed by atoms with Crippen molar-refractivity contribution in [1.29, 1.82) is 0 Å². The molecule has 1 aromatic heterocycles. The number of halogens is 2. The van der Waals surface area contributed by atoms with Crippen molar-refractivity contribution < 1.29 is 18.3 Å². The Morgan fingerprint density at radius 2 is 1.85 bits per heavy atom. The van der Waals surface area contributed by atoms with Gasteiger partial charge in [0, 0.05) is 33.4 Å². The van der Waals surface area contributed by atoms with Crippen LogP contribution >= 0.6 is 0 Å². The summed E-state index contributed by atoms with van der Waals surface area (Å²) in [6.07, 6.45) is 1.65. The first kappa shape index (κ1) is 16.6. The highest BCUT2D eigenvalue weighted by Crippen LogP contribution is 2.18. The van der Waals surface area contributed by atoms with Crippen LogP contribution in [0.2, 0.25) is 0 Å². The highest BCUT2D eigenvalue weighted by Gasteiger charge is 2.10. The summed E-state index contributed by atoms with van der Waals surface area (Å²) in [6, 6.07) is 0.815. The minimum absolute atomic E-state index is 0.0248. The third-order valence-corrected chi connectivity index (χ3v) is 2.61. The first-order chi connectivity index (χ1) is 9.69. The summed E-state index contributed by atoms with van der Waals surface area (Å²) in [5.74, 6) is -1.33. The number of nitrogens with one attached hydrogen (secondary N) is 2. The molecule has 0 aromatic carbocycles. The van der Waals surface area contributed by atoms with Crippen LogP contribution in [0.15, 0.2) is 6.07 Å². The van der Waals surface area contributed by atoms with E-state index in [0.717, 1.165) is 18.9 Å². The van der Waals surface area contributed by atoms with Crippen molar-refractivity contribution in [1.82, 2.24) is 4.98 Å². The Morgan fingerprint density at radius 3 is 2.55 bits per heavy atom. The van der Waals surface area contributed by atoms with Crippen LogP contribution in [0.1, 0.15) is 12.8 Å². The predicted octanol–water partition coefficient (Wildman–Crippen LogP) is 2.26. The van der Waals surface area contributed by atoms with Gasteiger partial charge < -0.3 is 20.1 Å². The monoisotopic (exact) mass is 289 g/mol.